The average molecular weight is 393 g/mol. The number of ether oxygens (including phenoxy) is 1. The Labute approximate surface area is 153 Å². The van der Waals surface area contributed by atoms with Gasteiger partial charge in [0.05, 0.1) is 22.8 Å². The molecule has 2 aromatic heterocycles. The zero-order valence-corrected chi connectivity index (χ0v) is 14.8. The predicted octanol–water partition coefficient (Wildman–Crippen LogP) is 1.83. The van der Waals surface area contributed by atoms with Crippen molar-refractivity contribution in [2.24, 2.45) is 16.5 Å². The largest absolute Gasteiger partial charge is 0.494 e. The number of carbonyl (C=O) groups excluding carboxylic acids is 1. The number of carbonyl (C=O) groups is 1. The lowest BCUT2D eigenvalue weighted by atomic mass is 10.3. The Kier molecular flexibility index (Phi) is 4.64. The number of fused-ring (bicyclic) bond motifs is 1. The summed E-state index contributed by atoms with van der Waals surface area (Å²) in [7, 11) is 1.39. The molecule has 0 saturated carbocycles. The third-order valence-electron chi connectivity index (χ3n) is 3.05. The fourth-order valence-corrected chi connectivity index (χ4v) is 3.59. The van der Waals surface area contributed by atoms with E-state index in [0.29, 0.717) is 10.2 Å². The molecule has 0 fully saturated rings. The van der Waals surface area contributed by atoms with Crippen molar-refractivity contribution >= 4 is 60.7 Å². The molecule has 0 aliphatic heterocycles. The van der Waals surface area contributed by atoms with Gasteiger partial charge in [-0.25, -0.2) is 9.97 Å². The molecule has 0 radical (unpaired) electrons. The summed E-state index contributed by atoms with van der Waals surface area (Å²) in [6, 6.07) is 2.64. The molecule has 0 unspecified atom stereocenters. The molecule has 0 aliphatic carbocycles. The van der Waals surface area contributed by atoms with Crippen LogP contribution < -0.4 is 21.5 Å². The highest BCUT2D eigenvalue weighted by Crippen LogP contribution is 2.36. The quantitative estimate of drug-likeness (QED) is 0.255. The van der Waals surface area contributed by atoms with Gasteiger partial charge in [-0.05, 0) is 0 Å². The number of rotatable bonds is 5. The zero-order valence-electron chi connectivity index (χ0n) is 13.1. The minimum atomic E-state index is -0.527. The number of benzene rings is 1. The monoisotopic (exact) mass is 393 g/mol. The highest BCUT2D eigenvalue weighted by molar-refractivity contribution is 7.22. The molecule has 0 spiro atoms. The van der Waals surface area contributed by atoms with E-state index in [4.69, 9.17) is 16.2 Å². The Balaban J connectivity index is 1.89. The van der Waals surface area contributed by atoms with E-state index < -0.39 is 10.8 Å². The molecular formula is C13H11N7O4S2. The standard InChI is InChI=1S/C13H11N7O4S2/c1-24-7-2-5(20(22)23)3-8-9(7)17-13(26-8)18-10(21)6-4-25-12(16-6)19-11(14)15/h2-4H,1H3,(H,17,18,21)(H4,14,15,16,19). The number of amides is 1. The summed E-state index contributed by atoms with van der Waals surface area (Å²) in [5.41, 5.74) is 10.9. The van der Waals surface area contributed by atoms with Gasteiger partial charge in [-0.1, -0.05) is 11.3 Å². The van der Waals surface area contributed by atoms with Crippen LogP contribution in [0.25, 0.3) is 10.2 Å². The number of nitro groups is 1. The number of hydrogen-bond donors (Lipinski definition) is 3. The van der Waals surface area contributed by atoms with Crippen molar-refractivity contribution in [3.05, 3.63) is 33.3 Å². The number of nitrogens with two attached hydrogens (primary N) is 2. The third-order valence-corrected chi connectivity index (χ3v) is 4.70. The van der Waals surface area contributed by atoms with Crippen LogP contribution in [-0.4, -0.2) is 33.9 Å². The van der Waals surface area contributed by atoms with E-state index in [1.165, 1.54) is 24.6 Å². The number of thiazole rings is 2. The van der Waals surface area contributed by atoms with Crippen LogP contribution in [-0.2, 0) is 0 Å². The summed E-state index contributed by atoms with van der Waals surface area (Å²) < 4.78 is 5.64. The topological polar surface area (TPSA) is 172 Å². The van der Waals surface area contributed by atoms with Crippen LogP contribution in [0.3, 0.4) is 0 Å². The summed E-state index contributed by atoms with van der Waals surface area (Å²) in [5.74, 6) is -0.424. The third kappa shape index (κ3) is 3.52. The lowest BCUT2D eigenvalue weighted by Gasteiger charge is -2.00. The van der Waals surface area contributed by atoms with Gasteiger partial charge in [0, 0.05) is 11.4 Å². The van der Waals surface area contributed by atoms with Gasteiger partial charge in [0.25, 0.3) is 11.6 Å². The van der Waals surface area contributed by atoms with Crippen molar-refractivity contribution in [1.82, 2.24) is 9.97 Å². The second-order valence-corrected chi connectivity index (χ2v) is 6.64. The molecule has 1 aromatic carbocycles. The van der Waals surface area contributed by atoms with Crippen molar-refractivity contribution in [1.29, 1.82) is 0 Å². The molecule has 3 rings (SSSR count). The number of aliphatic imine (C=N–C) groups is 1. The van der Waals surface area contributed by atoms with Gasteiger partial charge < -0.3 is 16.2 Å². The van der Waals surface area contributed by atoms with Crippen LogP contribution in [0, 0.1) is 10.1 Å². The lowest BCUT2D eigenvalue weighted by Crippen LogP contribution is -2.21. The van der Waals surface area contributed by atoms with E-state index in [0.717, 1.165) is 22.7 Å². The van der Waals surface area contributed by atoms with Crippen LogP contribution in [0.15, 0.2) is 22.5 Å². The molecule has 134 valence electrons. The highest BCUT2D eigenvalue weighted by Gasteiger charge is 2.18. The number of nitrogens with one attached hydrogen (secondary N) is 1. The summed E-state index contributed by atoms with van der Waals surface area (Å²) >= 11 is 2.18. The van der Waals surface area contributed by atoms with Crippen molar-refractivity contribution in [3.63, 3.8) is 0 Å². The van der Waals surface area contributed by atoms with E-state index >= 15 is 0 Å². The smallest absolute Gasteiger partial charge is 0.276 e. The normalized spacial score (nSPS) is 10.5. The number of non-ortho nitro benzene ring substituents is 1. The van der Waals surface area contributed by atoms with Crippen LogP contribution in [0.2, 0.25) is 0 Å². The maximum atomic E-state index is 12.3. The number of guanidine groups is 1. The average Bonchev–Trinajstić information content (AvgIpc) is 3.19. The molecular weight excluding hydrogens is 382 g/mol. The van der Waals surface area contributed by atoms with Crippen LogP contribution in [0.5, 0.6) is 5.75 Å². The van der Waals surface area contributed by atoms with Crippen LogP contribution in [0.1, 0.15) is 10.5 Å². The Bertz CT molecular complexity index is 1040. The van der Waals surface area contributed by atoms with Crippen molar-refractivity contribution in [2.75, 3.05) is 12.4 Å². The molecule has 5 N–H and O–H groups in total. The maximum Gasteiger partial charge on any atom is 0.276 e. The van der Waals surface area contributed by atoms with Crippen LogP contribution >= 0.6 is 22.7 Å². The molecule has 3 aromatic rings. The summed E-state index contributed by atoms with van der Waals surface area (Å²) in [6.45, 7) is 0. The van der Waals surface area contributed by atoms with E-state index in [1.54, 1.807) is 0 Å². The van der Waals surface area contributed by atoms with E-state index in [9.17, 15) is 14.9 Å². The number of nitrogens with zero attached hydrogens (tertiary/aromatic N) is 4. The maximum absolute atomic E-state index is 12.3. The fraction of sp³-hybridized carbons (Fsp3) is 0.0769. The second kappa shape index (κ2) is 6.89. The Morgan fingerprint density at radius 1 is 1.38 bits per heavy atom. The molecule has 0 aliphatic rings. The zero-order chi connectivity index (χ0) is 18.8. The van der Waals surface area contributed by atoms with Gasteiger partial charge in [0.1, 0.15) is 11.2 Å². The Hall–Kier alpha value is -3.32. The number of anilines is 1. The first-order valence-electron chi connectivity index (χ1n) is 6.87. The Morgan fingerprint density at radius 2 is 2.15 bits per heavy atom. The lowest BCUT2D eigenvalue weighted by molar-refractivity contribution is -0.384. The molecule has 13 heteroatoms. The first-order chi connectivity index (χ1) is 12.4. The minimum absolute atomic E-state index is 0.118. The molecule has 2 heterocycles. The van der Waals surface area contributed by atoms with Gasteiger partial charge in [-0.15, -0.1) is 11.3 Å². The van der Waals surface area contributed by atoms with Gasteiger partial charge in [-0.3, -0.25) is 20.2 Å². The molecule has 0 saturated heterocycles. The number of nitro benzene ring substituents is 1. The van der Waals surface area contributed by atoms with Gasteiger partial charge in [0.15, 0.2) is 16.8 Å². The number of hydrogen-bond acceptors (Lipinski definition) is 9. The summed E-state index contributed by atoms with van der Waals surface area (Å²) in [6.07, 6.45) is 0. The predicted molar refractivity (Wildman–Crippen MR) is 98.4 cm³/mol. The van der Waals surface area contributed by atoms with Crippen LogP contribution in [0.4, 0.5) is 16.0 Å². The molecule has 0 atom stereocenters. The summed E-state index contributed by atoms with van der Waals surface area (Å²) in [5, 5.41) is 15.6. The molecule has 11 nitrogen and oxygen atoms in total. The van der Waals surface area contributed by atoms with Crippen molar-refractivity contribution in [3.8, 4) is 5.75 Å². The molecule has 0 bridgehead atoms. The minimum Gasteiger partial charge on any atom is -0.494 e. The van der Waals surface area contributed by atoms with Gasteiger partial charge in [-0.2, -0.15) is 4.99 Å². The van der Waals surface area contributed by atoms with E-state index in [-0.39, 0.29) is 33.4 Å². The van der Waals surface area contributed by atoms with Gasteiger partial charge >= 0.3 is 0 Å². The Morgan fingerprint density at radius 3 is 2.81 bits per heavy atom. The number of aromatic nitrogens is 2. The van der Waals surface area contributed by atoms with Crippen molar-refractivity contribution in [2.45, 2.75) is 0 Å². The van der Waals surface area contributed by atoms with Gasteiger partial charge in [0.2, 0.25) is 5.13 Å². The number of methoxy groups -OCH3 is 1. The first-order valence-corrected chi connectivity index (χ1v) is 8.56. The van der Waals surface area contributed by atoms with E-state index in [2.05, 4.69) is 20.3 Å². The second-order valence-electron chi connectivity index (χ2n) is 4.78. The van der Waals surface area contributed by atoms with E-state index in [1.807, 2.05) is 0 Å². The highest BCUT2D eigenvalue weighted by atomic mass is 32.1. The first kappa shape index (κ1) is 17.5. The molecule has 1 amide bonds. The van der Waals surface area contributed by atoms with Crippen molar-refractivity contribution < 1.29 is 14.5 Å². The molecule has 26 heavy (non-hydrogen) atoms. The summed E-state index contributed by atoms with van der Waals surface area (Å²) in [4.78, 5) is 34.7. The SMILES string of the molecule is COc1cc([N+](=O)[O-])cc2sc(NC(=O)c3csc(N=C(N)N)n3)nc12. The fourth-order valence-electron chi connectivity index (χ4n) is 1.99.